The zero-order chi connectivity index (χ0) is 23.2. The SMILES string of the molecule is O=C(O)[C@H]1O[C@@H](Oc2ccc3c(=O)cc(-c4ccc(O)cc4)oc3c2O)[C@H](O)[C@@H](O)[C@@H]1O. The molecule has 168 valence electrons. The molecule has 3 aromatic rings. The van der Waals surface area contributed by atoms with Crippen LogP contribution in [0.5, 0.6) is 17.2 Å². The van der Waals surface area contributed by atoms with Gasteiger partial charge in [0.2, 0.25) is 12.0 Å². The van der Waals surface area contributed by atoms with Crippen LogP contribution in [0.1, 0.15) is 0 Å². The van der Waals surface area contributed by atoms with Crippen LogP contribution in [0.25, 0.3) is 22.3 Å². The summed E-state index contributed by atoms with van der Waals surface area (Å²) >= 11 is 0. The highest BCUT2D eigenvalue weighted by Crippen LogP contribution is 2.37. The number of rotatable bonds is 4. The molecule has 0 unspecified atom stereocenters. The van der Waals surface area contributed by atoms with Crippen molar-refractivity contribution >= 4 is 16.9 Å². The molecule has 5 atom stereocenters. The standard InChI is InChI=1S/C21H18O11/c22-9-3-1-8(2-4-9)13-7-11(23)10-5-6-12(14(24)18(10)30-13)31-21-17(27)15(25)16(26)19(32-21)20(28)29/h1-7,15-17,19,21-22,24-27H,(H,28,29)/t15-,16-,17+,19-,21+/m0/s1. The number of aliphatic carboxylic acids is 1. The maximum absolute atomic E-state index is 12.5. The highest BCUT2D eigenvalue weighted by molar-refractivity contribution is 5.86. The number of phenolic OH excluding ortho intramolecular Hbond substituents is 2. The Morgan fingerprint density at radius 2 is 1.62 bits per heavy atom. The minimum absolute atomic E-state index is 0.00781. The largest absolute Gasteiger partial charge is 0.508 e. The number of fused-ring (bicyclic) bond motifs is 1. The average molecular weight is 446 g/mol. The Morgan fingerprint density at radius 1 is 0.938 bits per heavy atom. The fourth-order valence-electron chi connectivity index (χ4n) is 3.32. The van der Waals surface area contributed by atoms with Gasteiger partial charge in [-0.1, -0.05) is 0 Å². The summed E-state index contributed by atoms with van der Waals surface area (Å²) < 4.78 is 16.0. The summed E-state index contributed by atoms with van der Waals surface area (Å²) in [6, 6.07) is 9.45. The highest BCUT2D eigenvalue weighted by Gasteiger charge is 2.48. The molecule has 0 aliphatic carbocycles. The molecular weight excluding hydrogens is 428 g/mol. The molecule has 1 saturated heterocycles. The first kappa shape index (κ1) is 21.6. The molecule has 32 heavy (non-hydrogen) atoms. The first-order valence-electron chi connectivity index (χ1n) is 9.35. The zero-order valence-electron chi connectivity index (χ0n) is 16.2. The number of carboxylic acids is 1. The maximum Gasteiger partial charge on any atom is 0.335 e. The van der Waals surface area contributed by atoms with Crippen LogP contribution in [-0.2, 0) is 9.53 Å². The normalized spacial score (nSPS) is 25.5. The number of hydrogen-bond acceptors (Lipinski definition) is 10. The van der Waals surface area contributed by atoms with Gasteiger partial charge >= 0.3 is 5.97 Å². The third-order valence-corrected chi connectivity index (χ3v) is 5.04. The van der Waals surface area contributed by atoms with Gasteiger partial charge < -0.3 is 44.5 Å². The lowest BCUT2D eigenvalue weighted by Gasteiger charge is -2.38. The number of ether oxygens (including phenoxy) is 2. The summed E-state index contributed by atoms with van der Waals surface area (Å²) in [7, 11) is 0. The van der Waals surface area contributed by atoms with Crippen LogP contribution in [0.15, 0.2) is 51.7 Å². The van der Waals surface area contributed by atoms with Crippen molar-refractivity contribution in [2.24, 2.45) is 0 Å². The van der Waals surface area contributed by atoms with E-state index in [0.29, 0.717) is 5.56 Å². The van der Waals surface area contributed by atoms with Crippen LogP contribution in [0, 0.1) is 0 Å². The smallest absolute Gasteiger partial charge is 0.335 e. The number of aliphatic hydroxyl groups is 3. The molecule has 1 aliphatic heterocycles. The summed E-state index contributed by atoms with van der Waals surface area (Å²) in [5, 5.41) is 59.0. The van der Waals surface area contributed by atoms with E-state index in [1.54, 1.807) is 0 Å². The topological polar surface area (TPSA) is 187 Å². The van der Waals surface area contributed by atoms with Crippen LogP contribution in [-0.4, -0.2) is 67.3 Å². The molecule has 6 N–H and O–H groups in total. The fourth-order valence-corrected chi connectivity index (χ4v) is 3.32. The molecule has 1 aliphatic rings. The minimum atomic E-state index is -1.90. The summed E-state index contributed by atoms with van der Waals surface area (Å²) in [5.41, 5.74) is -0.284. The monoisotopic (exact) mass is 446 g/mol. The van der Waals surface area contributed by atoms with E-state index in [1.165, 1.54) is 42.5 Å². The first-order chi connectivity index (χ1) is 15.2. The molecule has 0 amide bonds. The fraction of sp³-hybridized carbons (Fsp3) is 0.238. The van der Waals surface area contributed by atoms with Gasteiger partial charge in [0.1, 0.15) is 29.8 Å². The van der Waals surface area contributed by atoms with Gasteiger partial charge in [-0.2, -0.15) is 0 Å². The molecule has 11 nitrogen and oxygen atoms in total. The van der Waals surface area contributed by atoms with Crippen LogP contribution in [0.4, 0.5) is 0 Å². The first-order valence-corrected chi connectivity index (χ1v) is 9.35. The second-order valence-corrected chi connectivity index (χ2v) is 7.16. The van der Waals surface area contributed by atoms with Crippen LogP contribution >= 0.6 is 0 Å². The number of benzene rings is 2. The van der Waals surface area contributed by atoms with Gasteiger partial charge in [-0.3, -0.25) is 4.79 Å². The Balaban J connectivity index is 1.72. The predicted molar refractivity (Wildman–Crippen MR) is 106 cm³/mol. The minimum Gasteiger partial charge on any atom is -0.508 e. The van der Waals surface area contributed by atoms with E-state index >= 15 is 0 Å². The van der Waals surface area contributed by atoms with Crippen molar-refractivity contribution in [1.82, 2.24) is 0 Å². The van der Waals surface area contributed by atoms with Crippen molar-refractivity contribution < 1.29 is 49.3 Å². The molecule has 1 fully saturated rings. The number of hydrogen-bond donors (Lipinski definition) is 6. The van der Waals surface area contributed by atoms with Crippen molar-refractivity contribution in [2.45, 2.75) is 30.7 Å². The summed E-state index contributed by atoms with van der Waals surface area (Å²) in [6.07, 6.45) is -9.29. The summed E-state index contributed by atoms with van der Waals surface area (Å²) in [4.78, 5) is 23.7. The van der Waals surface area contributed by atoms with Gasteiger partial charge in [0.15, 0.2) is 22.9 Å². The summed E-state index contributed by atoms with van der Waals surface area (Å²) in [6.45, 7) is 0. The number of aromatic hydroxyl groups is 2. The van der Waals surface area contributed by atoms with Crippen molar-refractivity contribution in [1.29, 1.82) is 0 Å². The Labute approximate surface area is 178 Å². The maximum atomic E-state index is 12.5. The van der Waals surface area contributed by atoms with Crippen molar-refractivity contribution in [3.05, 3.63) is 52.7 Å². The number of carbonyl (C=O) groups is 1. The molecule has 11 heteroatoms. The number of phenols is 2. The number of carboxylic acid groups (broad SMARTS) is 1. The van der Waals surface area contributed by atoms with Crippen LogP contribution < -0.4 is 10.2 Å². The van der Waals surface area contributed by atoms with E-state index in [0.717, 1.165) is 0 Å². The highest BCUT2D eigenvalue weighted by atomic mass is 16.7. The molecule has 0 radical (unpaired) electrons. The zero-order valence-corrected chi connectivity index (χ0v) is 16.2. The molecule has 1 aromatic heterocycles. The lowest BCUT2D eigenvalue weighted by atomic mass is 9.99. The van der Waals surface area contributed by atoms with Crippen LogP contribution in [0.2, 0.25) is 0 Å². The van der Waals surface area contributed by atoms with E-state index < -0.39 is 47.9 Å². The summed E-state index contributed by atoms with van der Waals surface area (Å²) in [5.74, 6) is -2.46. The lowest BCUT2D eigenvalue weighted by molar-refractivity contribution is -0.271. The van der Waals surface area contributed by atoms with Gasteiger partial charge in [0, 0.05) is 11.6 Å². The Hall–Kier alpha value is -3.64. The second kappa shape index (κ2) is 8.13. The third kappa shape index (κ3) is 3.74. The van der Waals surface area contributed by atoms with Crippen molar-refractivity contribution in [3.8, 4) is 28.6 Å². The lowest BCUT2D eigenvalue weighted by Crippen LogP contribution is -2.61. The third-order valence-electron chi connectivity index (χ3n) is 5.04. The molecule has 2 aromatic carbocycles. The Kier molecular flexibility index (Phi) is 5.48. The van der Waals surface area contributed by atoms with E-state index in [-0.39, 0.29) is 28.2 Å². The molecule has 0 bridgehead atoms. The van der Waals surface area contributed by atoms with Crippen molar-refractivity contribution in [3.63, 3.8) is 0 Å². The Morgan fingerprint density at radius 3 is 2.28 bits per heavy atom. The van der Waals surface area contributed by atoms with Gasteiger partial charge in [0.25, 0.3) is 0 Å². The van der Waals surface area contributed by atoms with Gasteiger partial charge in [-0.05, 0) is 36.4 Å². The van der Waals surface area contributed by atoms with Crippen LogP contribution in [0.3, 0.4) is 0 Å². The predicted octanol–water partition coefficient (Wildman–Crippen LogP) is 0.142. The molecule has 2 heterocycles. The molecule has 4 rings (SSSR count). The van der Waals surface area contributed by atoms with Crippen molar-refractivity contribution in [2.75, 3.05) is 0 Å². The molecular formula is C21H18O11. The van der Waals surface area contributed by atoms with Gasteiger partial charge in [0.05, 0.1) is 5.39 Å². The van der Waals surface area contributed by atoms with E-state index in [2.05, 4.69) is 0 Å². The van der Waals surface area contributed by atoms with E-state index in [9.17, 15) is 35.1 Å². The van der Waals surface area contributed by atoms with E-state index in [4.69, 9.17) is 19.0 Å². The molecule has 0 spiro atoms. The molecule has 0 saturated carbocycles. The van der Waals surface area contributed by atoms with Gasteiger partial charge in [-0.25, -0.2) is 4.79 Å². The van der Waals surface area contributed by atoms with E-state index in [1.807, 2.05) is 0 Å². The average Bonchev–Trinajstić information content (AvgIpc) is 2.76. The number of aliphatic hydroxyl groups excluding tert-OH is 3. The Bertz CT molecular complexity index is 1220. The quantitative estimate of drug-likeness (QED) is 0.320. The second-order valence-electron chi connectivity index (χ2n) is 7.16. The van der Waals surface area contributed by atoms with Gasteiger partial charge in [-0.15, -0.1) is 0 Å².